The summed E-state index contributed by atoms with van der Waals surface area (Å²) in [4.78, 5) is 25.3. The summed E-state index contributed by atoms with van der Waals surface area (Å²) in [5, 5.41) is 12.2. The molecule has 0 aromatic rings. The van der Waals surface area contributed by atoms with Crippen LogP contribution in [-0.2, 0) is 4.79 Å². The van der Waals surface area contributed by atoms with E-state index in [1.54, 1.807) is 4.90 Å². The highest BCUT2D eigenvalue weighted by atomic mass is 16.4. The molecule has 2 N–H and O–H groups in total. The van der Waals surface area contributed by atoms with Crippen molar-refractivity contribution in [3.63, 3.8) is 0 Å². The topological polar surface area (TPSA) is 69.6 Å². The van der Waals surface area contributed by atoms with Crippen LogP contribution in [0.15, 0.2) is 0 Å². The first-order valence-electron chi connectivity index (χ1n) is 7.50. The molecule has 2 aliphatic heterocycles. The summed E-state index contributed by atoms with van der Waals surface area (Å²) in [6, 6.07) is -0.0779. The molecule has 4 atom stereocenters. The summed E-state index contributed by atoms with van der Waals surface area (Å²) in [7, 11) is 0. The fourth-order valence-corrected chi connectivity index (χ4v) is 3.21. The van der Waals surface area contributed by atoms with Gasteiger partial charge in [-0.1, -0.05) is 27.7 Å². The van der Waals surface area contributed by atoms with Crippen LogP contribution >= 0.6 is 0 Å². The molecule has 114 valence electrons. The first-order valence-corrected chi connectivity index (χ1v) is 7.50. The third-order valence-corrected chi connectivity index (χ3v) is 5.13. The van der Waals surface area contributed by atoms with Crippen LogP contribution in [-0.4, -0.2) is 40.6 Å². The summed E-state index contributed by atoms with van der Waals surface area (Å²) in [5.41, 5.74) is 0.154. The molecule has 5 heteroatoms. The fourth-order valence-electron chi connectivity index (χ4n) is 3.21. The predicted molar refractivity (Wildman–Crippen MR) is 76.4 cm³/mol. The Kier molecular flexibility index (Phi) is 3.98. The Morgan fingerprint density at radius 1 is 1.35 bits per heavy atom. The van der Waals surface area contributed by atoms with Crippen LogP contribution in [0.5, 0.6) is 0 Å². The molecule has 0 aliphatic carbocycles. The minimum Gasteiger partial charge on any atom is -0.481 e. The first kappa shape index (κ1) is 15.1. The number of aliphatic carboxylic acids is 1. The van der Waals surface area contributed by atoms with Crippen LogP contribution in [0.3, 0.4) is 0 Å². The van der Waals surface area contributed by atoms with Gasteiger partial charge in [-0.2, -0.15) is 0 Å². The Balaban J connectivity index is 1.93. The molecule has 2 rings (SSSR count). The van der Waals surface area contributed by atoms with E-state index in [0.717, 1.165) is 12.8 Å². The van der Waals surface area contributed by atoms with Crippen LogP contribution in [0.1, 0.15) is 47.0 Å². The minimum absolute atomic E-state index is 0.0858. The van der Waals surface area contributed by atoms with Crippen molar-refractivity contribution in [2.75, 3.05) is 6.54 Å². The molecule has 0 saturated carbocycles. The van der Waals surface area contributed by atoms with Gasteiger partial charge in [0.2, 0.25) is 0 Å². The lowest BCUT2D eigenvalue weighted by atomic mass is 9.82. The highest BCUT2D eigenvalue weighted by Crippen LogP contribution is 2.41. The number of carbonyl (C=O) groups excluding carboxylic acids is 1. The van der Waals surface area contributed by atoms with Gasteiger partial charge in [-0.15, -0.1) is 0 Å². The summed E-state index contributed by atoms with van der Waals surface area (Å²) in [6.45, 7) is 9.23. The van der Waals surface area contributed by atoms with Gasteiger partial charge < -0.3 is 15.3 Å². The number of rotatable bonds is 3. The third-order valence-electron chi connectivity index (χ3n) is 5.13. The molecule has 2 aliphatic rings. The average molecular weight is 282 g/mol. The maximum Gasteiger partial charge on any atom is 0.317 e. The molecule has 4 unspecified atom stereocenters. The third kappa shape index (κ3) is 2.76. The van der Waals surface area contributed by atoms with E-state index in [1.807, 2.05) is 0 Å². The van der Waals surface area contributed by atoms with E-state index in [1.165, 1.54) is 0 Å². The minimum atomic E-state index is -0.766. The summed E-state index contributed by atoms with van der Waals surface area (Å²) < 4.78 is 0. The molecule has 0 spiro atoms. The number of carboxylic acid groups (broad SMARTS) is 1. The van der Waals surface area contributed by atoms with Gasteiger partial charge in [-0.05, 0) is 30.6 Å². The standard InChI is InChI=1S/C15H26N2O3/c1-9(15(2,3)4)8-16-14(20)17-10-5-6-12(17)11(7-10)13(18)19/h9-12H,5-8H2,1-4H3,(H,16,20)(H,18,19). The number of carbonyl (C=O) groups is 2. The Morgan fingerprint density at radius 3 is 2.50 bits per heavy atom. The Morgan fingerprint density at radius 2 is 2.00 bits per heavy atom. The highest BCUT2D eigenvalue weighted by molar-refractivity contribution is 5.79. The van der Waals surface area contributed by atoms with Crippen molar-refractivity contribution < 1.29 is 14.7 Å². The van der Waals surface area contributed by atoms with Crippen molar-refractivity contribution in [2.24, 2.45) is 17.3 Å². The molecule has 2 heterocycles. The van der Waals surface area contributed by atoms with E-state index in [9.17, 15) is 14.7 Å². The number of nitrogens with one attached hydrogen (secondary N) is 1. The number of amides is 2. The van der Waals surface area contributed by atoms with Gasteiger partial charge >= 0.3 is 12.0 Å². The molecule has 0 aromatic heterocycles. The normalized spacial score (nSPS) is 30.4. The zero-order chi connectivity index (χ0) is 15.1. The molecule has 5 nitrogen and oxygen atoms in total. The second-order valence-electron chi connectivity index (χ2n) is 7.34. The lowest BCUT2D eigenvalue weighted by Crippen LogP contribution is -2.46. The maximum absolute atomic E-state index is 12.3. The van der Waals surface area contributed by atoms with Crippen LogP contribution in [0.25, 0.3) is 0 Å². The second-order valence-corrected chi connectivity index (χ2v) is 7.34. The van der Waals surface area contributed by atoms with Crippen molar-refractivity contribution >= 4 is 12.0 Å². The largest absolute Gasteiger partial charge is 0.481 e. The quantitative estimate of drug-likeness (QED) is 0.834. The SMILES string of the molecule is CC(CNC(=O)N1C2CCC1C(C(=O)O)C2)C(C)(C)C. The molecule has 0 aromatic carbocycles. The van der Waals surface area contributed by atoms with E-state index in [0.29, 0.717) is 18.9 Å². The van der Waals surface area contributed by atoms with Gasteiger partial charge in [-0.3, -0.25) is 4.79 Å². The van der Waals surface area contributed by atoms with Crippen molar-refractivity contribution in [1.29, 1.82) is 0 Å². The Hall–Kier alpha value is -1.26. The predicted octanol–water partition coefficient (Wildman–Crippen LogP) is 2.32. The molecule has 20 heavy (non-hydrogen) atoms. The van der Waals surface area contributed by atoms with Crippen molar-refractivity contribution in [3.05, 3.63) is 0 Å². The van der Waals surface area contributed by atoms with Gasteiger partial charge in [-0.25, -0.2) is 4.79 Å². The molecule has 0 radical (unpaired) electrons. The molecule has 2 bridgehead atoms. The lowest BCUT2D eigenvalue weighted by Gasteiger charge is -2.29. The Bertz CT molecular complexity index is 402. The van der Waals surface area contributed by atoms with Gasteiger partial charge in [0.1, 0.15) is 0 Å². The zero-order valence-corrected chi connectivity index (χ0v) is 12.8. The van der Waals surface area contributed by atoms with Gasteiger partial charge in [0, 0.05) is 18.6 Å². The van der Waals surface area contributed by atoms with E-state index < -0.39 is 5.97 Å². The maximum atomic E-state index is 12.3. The van der Waals surface area contributed by atoms with Crippen molar-refractivity contribution in [1.82, 2.24) is 10.2 Å². The van der Waals surface area contributed by atoms with E-state index >= 15 is 0 Å². The zero-order valence-electron chi connectivity index (χ0n) is 12.8. The van der Waals surface area contributed by atoms with Crippen molar-refractivity contribution in [2.45, 2.75) is 59.0 Å². The van der Waals surface area contributed by atoms with Crippen LogP contribution in [0.2, 0.25) is 0 Å². The number of fused-ring (bicyclic) bond motifs is 2. The fraction of sp³-hybridized carbons (Fsp3) is 0.867. The van der Waals surface area contributed by atoms with Gasteiger partial charge in [0.05, 0.1) is 5.92 Å². The Labute approximate surface area is 120 Å². The van der Waals surface area contributed by atoms with Crippen LogP contribution in [0, 0.1) is 17.3 Å². The number of urea groups is 1. The first-order chi connectivity index (χ1) is 9.21. The van der Waals surface area contributed by atoms with Gasteiger partial charge in [0.15, 0.2) is 0 Å². The molecular weight excluding hydrogens is 256 g/mol. The van der Waals surface area contributed by atoms with Gasteiger partial charge in [0.25, 0.3) is 0 Å². The van der Waals surface area contributed by atoms with Crippen molar-refractivity contribution in [3.8, 4) is 0 Å². The second kappa shape index (κ2) is 5.26. The molecule has 2 amide bonds. The highest BCUT2D eigenvalue weighted by Gasteiger charge is 2.51. The number of nitrogens with zero attached hydrogens (tertiary/aromatic N) is 1. The summed E-state index contributed by atoms with van der Waals surface area (Å²) in [5.74, 6) is -0.764. The number of hydrogen-bond acceptors (Lipinski definition) is 2. The van der Waals surface area contributed by atoms with E-state index in [2.05, 4.69) is 33.0 Å². The van der Waals surface area contributed by atoms with Crippen LogP contribution < -0.4 is 5.32 Å². The van der Waals surface area contributed by atoms with E-state index in [4.69, 9.17) is 0 Å². The molecular formula is C15H26N2O3. The molecule has 2 fully saturated rings. The molecule has 2 saturated heterocycles. The number of hydrogen-bond donors (Lipinski definition) is 2. The summed E-state index contributed by atoms with van der Waals surface area (Å²) >= 11 is 0. The smallest absolute Gasteiger partial charge is 0.317 e. The van der Waals surface area contributed by atoms with Crippen LogP contribution in [0.4, 0.5) is 4.79 Å². The van der Waals surface area contributed by atoms with E-state index in [-0.39, 0.29) is 29.4 Å². The average Bonchev–Trinajstić information content (AvgIpc) is 2.91. The summed E-state index contributed by atoms with van der Waals surface area (Å²) in [6.07, 6.45) is 2.38. The monoisotopic (exact) mass is 282 g/mol. The number of carboxylic acids is 1. The lowest BCUT2D eigenvalue weighted by molar-refractivity contribution is -0.142.